The van der Waals surface area contributed by atoms with Crippen LogP contribution in [0.25, 0.3) is 0 Å². The SMILES string of the molecule is CCC(C)C(O)C1CCOC2(CCCCC2)C1. The summed E-state index contributed by atoms with van der Waals surface area (Å²) < 4.78 is 6.09. The molecule has 1 saturated heterocycles. The molecular formula is C15H28O2. The van der Waals surface area contributed by atoms with Gasteiger partial charge in [0.2, 0.25) is 0 Å². The molecule has 0 bridgehead atoms. The van der Waals surface area contributed by atoms with Crippen LogP contribution in [0.1, 0.15) is 65.2 Å². The van der Waals surface area contributed by atoms with E-state index >= 15 is 0 Å². The second kappa shape index (κ2) is 5.71. The highest BCUT2D eigenvalue weighted by atomic mass is 16.5. The summed E-state index contributed by atoms with van der Waals surface area (Å²) in [5.74, 6) is 0.899. The summed E-state index contributed by atoms with van der Waals surface area (Å²) >= 11 is 0. The van der Waals surface area contributed by atoms with Gasteiger partial charge in [-0.3, -0.25) is 0 Å². The van der Waals surface area contributed by atoms with Gasteiger partial charge < -0.3 is 9.84 Å². The molecule has 0 aromatic rings. The molecule has 0 aromatic carbocycles. The minimum Gasteiger partial charge on any atom is -0.393 e. The molecular weight excluding hydrogens is 212 g/mol. The first-order valence-corrected chi connectivity index (χ1v) is 7.49. The first kappa shape index (κ1) is 13.4. The molecule has 100 valence electrons. The van der Waals surface area contributed by atoms with Gasteiger partial charge in [-0.05, 0) is 37.5 Å². The molecule has 2 nitrogen and oxygen atoms in total. The second-order valence-corrected chi connectivity index (χ2v) is 6.22. The summed E-state index contributed by atoms with van der Waals surface area (Å²) in [5, 5.41) is 10.4. The fourth-order valence-corrected chi connectivity index (χ4v) is 3.61. The van der Waals surface area contributed by atoms with Crippen molar-refractivity contribution in [2.75, 3.05) is 6.61 Å². The lowest BCUT2D eigenvalue weighted by Crippen LogP contribution is -2.45. The number of hydrogen-bond acceptors (Lipinski definition) is 2. The van der Waals surface area contributed by atoms with Gasteiger partial charge in [0, 0.05) is 6.61 Å². The Morgan fingerprint density at radius 1 is 1.29 bits per heavy atom. The van der Waals surface area contributed by atoms with E-state index in [0.29, 0.717) is 11.8 Å². The number of aliphatic hydroxyl groups is 1. The van der Waals surface area contributed by atoms with Gasteiger partial charge >= 0.3 is 0 Å². The van der Waals surface area contributed by atoms with Crippen LogP contribution in [-0.2, 0) is 4.74 Å². The average molecular weight is 240 g/mol. The maximum Gasteiger partial charge on any atom is 0.0686 e. The quantitative estimate of drug-likeness (QED) is 0.818. The van der Waals surface area contributed by atoms with Crippen LogP contribution in [0.3, 0.4) is 0 Å². The molecule has 1 aliphatic heterocycles. The van der Waals surface area contributed by atoms with E-state index in [1.807, 2.05) is 0 Å². The number of ether oxygens (including phenoxy) is 1. The molecule has 0 aromatic heterocycles. The molecule has 1 spiro atoms. The molecule has 1 saturated carbocycles. The highest BCUT2D eigenvalue weighted by Crippen LogP contribution is 2.42. The van der Waals surface area contributed by atoms with Crippen molar-refractivity contribution in [1.29, 1.82) is 0 Å². The Morgan fingerprint density at radius 3 is 2.65 bits per heavy atom. The minimum atomic E-state index is -0.122. The van der Waals surface area contributed by atoms with Crippen LogP contribution in [0.4, 0.5) is 0 Å². The molecule has 1 N–H and O–H groups in total. The van der Waals surface area contributed by atoms with Crippen molar-refractivity contribution in [3.8, 4) is 0 Å². The minimum absolute atomic E-state index is 0.122. The fraction of sp³-hybridized carbons (Fsp3) is 1.00. The van der Waals surface area contributed by atoms with E-state index in [1.165, 1.54) is 32.1 Å². The zero-order valence-corrected chi connectivity index (χ0v) is 11.5. The Hall–Kier alpha value is -0.0800. The summed E-state index contributed by atoms with van der Waals surface area (Å²) in [5.41, 5.74) is 0.135. The number of aliphatic hydroxyl groups excluding tert-OH is 1. The van der Waals surface area contributed by atoms with Crippen molar-refractivity contribution in [1.82, 2.24) is 0 Å². The topological polar surface area (TPSA) is 29.5 Å². The van der Waals surface area contributed by atoms with E-state index < -0.39 is 0 Å². The third-order valence-electron chi connectivity index (χ3n) is 5.01. The van der Waals surface area contributed by atoms with Gasteiger partial charge in [-0.1, -0.05) is 39.5 Å². The van der Waals surface area contributed by atoms with Gasteiger partial charge in [-0.25, -0.2) is 0 Å². The summed E-state index contributed by atoms with van der Waals surface area (Å²) in [7, 11) is 0. The molecule has 3 unspecified atom stereocenters. The van der Waals surface area contributed by atoms with Gasteiger partial charge in [0.1, 0.15) is 0 Å². The van der Waals surface area contributed by atoms with Crippen LogP contribution >= 0.6 is 0 Å². The van der Waals surface area contributed by atoms with E-state index in [-0.39, 0.29) is 11.7 Å². The lowest BCUT2D eigenvalue weighted by Gasteiger charge is -2.45. The maximum atomic E-state index is 10.4. The molecule has 1 heterocycles. The van der Waals surface area contributed by atoms with Crippen molar-refractivity contribution in [2.24, 2.45) is 11.8 Å². The Morgan fingerprint density at radius 2 is 2.00 bits per heavy atom. The fourth-order valence-electron chi connectivity index (χ4n) is 3.61. The average Bonchev–Trinajstić information content (AvgIpc) is 2.38. The summed E-state index contributed by atoms with van der Waals surface area (Å²) in [6.07, 6.45) is 9.52. The standard InChI is InChI=1S/C15H28O2/c1-3-12(2)14(16)13-7-10-17-15(11-13)8-5-4-6-9-15/h12-14,16H,3-11H2,1-2H3. The van der Waals surface area contributed by atoms with E-state index in [2.05, 4.69) is 13.8 Å². The summed E-state index contributed by atoms with van der Waals surface area (Å²) in [4.78, 5) is 0. The summed E-state index contributed by atoms with van der Waals surface area (Å²) in [6, 6.07) is 0. The Bertz CT molecular complexity index is 228. The van der Waals surface area contributed by atoms with Crippen LogP contribution < -0.4 is 0 Å². The maximum absolute atomic E-state index is 10.4. The van der Waals surface area contributed by atoms with E-state index in [4.69, 9.17) is 4.74 Å². The monoisotopic (exact) mass is 240 g/mol. The number of hydrogen-bond donors (Lipinski definition) is 1. The van der Waals surface area contributed by atoms with Crippen molar-refractivity contribution >= 4 is 0 Å². The molecule has 2 aliphatic rings. The third kappa shape index (κ3) is 3.03. The Labute approximate surface area is 106 Å². The lowest BCUT2D eigenvalue weighted by atomic mass is 9.73. The molecule has 1 aliphatic carbocycles. The van der Waals surface area contributed by atoms with E-state index in [0.717, 1.165) is 25.9 Å². The van der Waals surface area contributed by atoms with E-state index in [1.54, 1.807) is 0 Å². The third-order valence-corrected chi connectivity index (χ3v) is 5.01. The molecule has 2 fully saturated rings. The molecule has 17 heavy (non-hydrogen) atoms. The number of rotatable bonds is 3. The Balaban J connectivity index is 1.96. The predicted octanol–water partition coefficient (Wildman–Crippen LogP) is 3.52. The van der Waals surface area contributed by atoms with Gasteiger partial charge in [0.05, 0.1) is 11.7 Å². The largest absolute Gasteiger partial charge is 0.393 e. The zero-order valence-electron chi connectivity index (χ0n) is 11.5. The van der Waals surface area contributed by atoms with Gasteiger partial charge in [0.25, 0.3) is 0 Å². The lowest BCUT2D eigenvalue weighted by molar-refractivity contribution is -0.138. The second-order valence-electron chi connectivity index (χ2n) is 6.22. The predicted molar refractivity (Wildman–Crippen MR) is 70.0 cm³/mol. The van der Waals surface area contributed by atoms with Crippen molar-refractivity contribution in [3.05, 3.63) is 0 Å². The molecule has 3 atom stereocenters. The van der Waals surface area contributed by atoms with Crippen LogP contribution in [0.15, 0.2) is 0 Å². The molecule has 2 heteroatoms. The van der Waals surface area contributed by atoms with Crippen LogP contribution in [0.2, 0.25) is 0 Å². The van der Waals surface area contributed by atoms with Crippen molar-refractivity contribution < 1.29 is 9.84 Å². The van der Waals surface area contributed by atoms with Gasteiger partial charge in [0.15, 0.2) is 0 Å². The highest BCUT2D eigenvalue weighted by Gasteiger charge is 2.41. The zero-order chi connectivity index (χ0) is 12.3. The summed E-state index contributed by atoms with van der Waals surface area (Å²) in [6.45, 7) is 5.20. The molecule has 0 radical (unpaired) electrons. The van der Waals surface area contributed by atoms with Crippen molar-refractivity contribution in [3.63, 3.8) is 0 Å². The van der Waals surface area contributed by atoms with Gasteiger partial charge in [-0.15, -0.1) is 0 Å². The Kier molecular flexibility index (Phi) is 4.48. The van der Waals surface area contributed by atoms with Gasteiger partial charge in [-0.2, -0.15) is 0 Å². The highest BCUT2D eigenvalue weighted by molar-refractivity contribution is 4.92. The van der Waals surface area contributed by atoms with Crippen LogP contribution in [0.5, 0.6) is 0 Å². The first-order chi connectivity index (χ1) is 8.17. The molecule has 0 amide bonds. The van der Waals surface area contributed by atoms with Crippen LogP contribution in [-0.4, -0.2) is 23.4 Å². The van der Waals surface area contributed by atoms with Crippen LogP contribution in [0, 0.1) is 11.8 Å². The first-order valence-electron chi connectivity index (χ1n) is 7.49. The van der Waals surface area contributed by atoms with Crippen molar-refractivity contribution in [2.45, 2.75) is 76.9 Å². The normalized spacial score (nSPS) is 32.3. The van der Waals surface area contributed by atoms with E-state index in [9.17, 15) is 5.11 Å². The molecule has 2 rings (SSSR count). The smallest absolute Gasteiger partial charge is 0.0686 e.